The van der Waals surface area contributed by atoms with E-state index in [1.807, 2.05) is 0 Å². The van der Waals surface area contributed by atoms with Crippen LogP contribution in [0.2, 0.25) is 0 Å². The minimum Gasteiger partial charge on any atom is -0.349 e. The molecule has 4 nitrogen and oxygen atoms in total. The van der Waals surface area contributed by atoms with Gasteiger partial charge >= 0.3 is 0 Å². The molecule has 1 saturated heterocycles. The highest BCUT2D eigenvalue weighted by atomic mass is 16.7. The average molecular weight is 213 g/mol. The molecule has 0 bridgehead atoms. The molecular weight excluding hydrogens is 194 g/mol. The summed E-state index contributed by atoms with van der Waals surface area (Å²) in [6.07, 6.45) is 6.14. The topological polar surface area (TPSA) is 47.6 Å². The number of ether oxygens (including phenoxy) is 2. The predicted molar refractivity (Wildman–Crippen MR) is 55.3 cm³/mol. The van der Waals surface area contributed by atoms with E-state index in [4.69, 9.17) is 9.47 Å². The quantitative estimate of drug-likeness (QED) is 0.749. The van der Waals surface area contributed by atoms with Crippen molar-refractivity contribution in [1.29, 1.82) is 0 Å². The number of nitrogens with one attached hydrogen (secondary N) is 1. The van der Waals surface area contributed by atoms with E-state index >= 15 is 0 Å². The van der Waals surface area contributed by atoms with E-state index < -0.39 is 6.29 Å². The zero-order valence-electron chi connectivity index (χ0n) is 9.04. The molecule has 1 amide bonds. The average Bonchev–Trinajstić information content (AvgIpc) is 2.31. The molecule has 0 unspecified atom stereocenters. The monoisotopic (exact) mass is 213 g/mol. The van der Waals surface area contributed by atoms with Crippen molar-refractivity contribution in [3.05, 3.63) is 0 Å². The number of rotatable bonds is 2. The van der Waals surface area contributed by atoms with E-state index in [9.17, 15) is 4.79 Å². The van der Waals surface area contributed by atoms with Gasteiger partial charge in [0.1, 0.15) is 0 Å². The summed E-state index contributed by atoms with van der Waals surface area (Å²) in [5.41, 5.74) is 0. The first-order valence-electron chi connectivity index (χ1n) is 5.90. The molecule has 2 aliphatic rings. The molecule has 0 atom stereocenters. The lowest BCUT2D eigenvalue weighted by molar-refractivity contribution is -0.191. The van der Waals surface area contributed by atoms with Crippen molar-refractivity contribution in [2.24, 2.45) is 0 Å². The van der Waals surface area contributed by atoms with E-state index in [2.05, 4.69) is 5.32 Å². The van der Waals surface area contributed by atoms with Gasteiger partial charge < -0.3 is 14.8 Å². The maximum atomic E-state index is 11.7. The lowest BCUT2D eigenvalue weighted by Gasteiger charge is -2.27. The molecule has 0 radical (unpaired) electrons. The fourth-order valence-corrected chi connectivity index (χ4v) is 2.16. The highest BCUT2D eigenvalue weighted by Gasteiger charge is 2.25. The van der Waals surface area contributed by atoms with Gasteiger partial charge in [0.15, 0.2) is 0 Å². The third-order valence-electron chi connectivity index (χ3n) is 2.99. The second-order valence-electron chi connectivity index (χ2n) is 4.27. The Labute approximate surface area is 90.3 Å². The third-order valence-corrected chi connectivity index (χ3v) is 2.99. The van der Waals surface area contributed by atoms with Crippen LogP contribution in [0.25, 0.3) is 0 Å². The fourth-order valence-electron chi connectivity index (χ4n) is 2.16. The Hall–Kier alpha value is -0.610. The van der Waals surface area contributed by atoms with Gasteiger partial charge in [-0.2, -0.15) is 0 Å². The Morgan fingerprint density at radius 3 is 2.33 bits per heavy atom. The van der Waals surface area contributed by atoms with E-state index in [1.165, 1.54) is 19.3 Å². The summed E-state index contributed by atoms with van der Waals surface area (Å²) in [6.45, 7) is 1.26. The minimum absolute atomic E-state index is 0.0957. The first kappa shape index (κ1) is 10.9. The maximum Gasteiger partial charge on any atom is 0.277 e. The number of hydrogen-bond donors (Lipinski definition) is 1. The molecule has 0 spiro atoms. The number of amides is 1. The highest BCUT2D eigenvalue weighted by molar-refractivity contribution is 5.79. The molecule has 1 heterocycles. The molecule has 1 N–H and O–H groups in total. The highest BCUT2D eigenvalue weighted by Crippen LogP contribution is 2.17. The smallest absolute Gasteiger partial charge is 0.277 e. The normalized spacial score (nSPS) is 25.1. The molecule has 4 heteroatoms. The van der Waals surface area contributed by atoms with Crippen molar-refractivity contribution >= 4 is 5.91 Å². The second kappa shape index (κ2) is 5.47. The summed E-state index contributed by atoms with van der Waals surface area (Å²) in [6, 6.07) is 0.334. The Morgan fingerprint density at radius 2 is 1.67 bits per heavy atom. The van der Waals surface area contributed by atoms with E-state index in [1.54, 1.807) is 0 Å². The molecule has 2 fully saturated rings. The van der Waals surface area contributed by atoms with Crippen LogP contribution in [0, 0.1) is 0 Å². The molecule has 1 aliphatic carbocycles. The summed E-state index contributed by atoms with van der Waals surface area (Å²) < 4.78 is 10.5. The van der Waals surface area contributed by atoms with Crippen molar-refractivity contribution in [1.82, 2.24) is 5.32 Å². The lowest BCUT2D eigenvalue weighted by Crippen LogP contribution is -2.45. The second-order valence-corrected chi connectivity index (χ2v) is 4.27. The van der Waals surface area contributed by atoms with Gasteiger partial charge in [0.05, 0.1) is 13.2 Å². The van der Waals surface area contributed by atoms with Gasteiger partial charge in [-0.15, -0.1) is 0 Å². The lowest BCUT2D eigenvalue weighted by atomic mass is 9.95. The number of carbonyl (C=O) groups is 1. The molecule has 0 aromatic carbocycles. The van der Waals surface area contributed by atoms with Gasteiger partial charge in [-0.25, -0.2) is 0 Å². The van der Waals surface area contributed by atoms with Crippen LogP contribution in [0.1, 0.15) is 38.5 Å². The van der Waals surface area contributed by atoms with Crippen molar-refractivity contribution in [3.8, 4) is 0 Å². The summed E-state index contributed by atoms with van der Waals surface area (Å²) in [7, 11) is 0. The molecule has 86 valence electrons. The zero-order chi connectivity index (χ0) is 10.5. The largest absolute Gasteiger partial charge is 0.349 e. The SMILES string of the molecule is O=C(NC1CCCCC1)C1OCCCO1. The number of hydrogen-bond acceptors (Lipinski definition) is 3. The van der Waals surface area contributed by atoms with Crippen LogP contribution in [-0.2, 0) is 14.3 Å². The molecule has 0 aromatic rings. The summed E-state index contributed by atoms with van der Waals surface area (Å²) in [5.74, 6) is -0.0957. The van der Waals surface area contributed by atoms with E-state index in [-0.39, 0.29) is 5.91 Å². The van der Waals surface area contributed by atoms with E-state index in [0.717, 1.165) is 19.3 Å². The van der Waals surface area contributed by atoms with Gasteiger partial charge in [-0.1, -0.05) is 19.3 Å². The summed E-state index contributed by atoms with van der Waals surface area (Å²) in [4.78, 5) is 11.7. The van der Waals surface area contributed by atoms with Gasteiger partial charge in [-0.3, -0.25) is 4.79 Å². The van der Waals surface area contributed by atoms with Gasteiger partial charge in [0.25, 0.3) is 5.91 Å². The third kappa shape index (κ3) is 3.18. The van der Waals surface area contributed by atoms with Crippen molar-refractivity contribution in [3.63, 3.8) is 0 Å². The first-order chi connectivity index (χ1) is 7.36. The van der Waals surface area contributed by atoms with Crippen molar-refractivity contribution in [2.45, 2.75) is 50.9 Å². The van der Waals surface area contributed by atoms with Crippen LogP contribution in [0.4, 0.5) is 0 Å². The van der Waals surface area contributed by atoms with Crippen molar-refractivity contribution < 1.29 is 14.3 Å². The Balaban J connectivity index is 1.74. The van der Waals surface area contributed by atoms with Gasteiger partial charge in [0.2, 0.25) is 6.29 Å². The Bertz CT molecular complexity index is 208. The van der Waals surface area contributed by atoms with Crippen LogP contribution in [0.3, 0.4) is 0 Å². The summed E-state index contributed by atoms with van der Waals surface area (Å²) in [5, 5.41) is 3.00. The van der Waals surface area contributed by atoms with Crippen LogP contribution in [0.15, 0.2) is 0 Å². The molecule has 0 aromatic heterocycles. The van der Waals surface area contributed by atoms with Crippen molar-refractivity contribution in [2.75, 3.05) is 13.2 Å². The zero-order valence-corrected chi connectivity index (χ0v) is 9.04. The van der Waals surface area contributed by atoms with Gasteiger partial charge in [0, 0.05) is 6.04 Å². The molecule has 15 heavy (non-hydrogen) atoms. The van der Waals surface area contributed by atoms with Gasteiger partial charge in [-0.05, 0) is 19.3 Å². The van der Waals surface area contributed by atoms with Crippen LogP contribution in [-0.4, -0.2) is 31.5 Å². The minimum atomic E-state index is -0.666. The maximum absolute atomic E-state index is 11.7. The van der Waals surface area contributed by atoms with E-state index in [0.29, 0.717) is 19.3 Å². The van der Waals surface area contributed by atoms with Crippen LogP contribution in [0.5, 0.6) is 0 Å². The molecule has 1 aliphatic heterocycles. The predicted octanol–water partition coefficient (Wildman–Crippen LogP) is 1.20. The first-order valence-corrected chi connectivity index (χ1v) is 5.90. The fraction of sp³-hybridized carbons (Fsp3) is 0.909. The Kier molecular flexibility index (Phi) is 3.97. The molecule has 1 saturated carbocycles. The number of carbonyl (C=O) groups excluding carboxylic acids is 1. The standard InChI is InChI=1S/C11H19NO3/c13-10(11-14-7-4-8-15-11)12-9-5-2-1-3-6-9/h9,11H,1-8H2,(H,12,13). The Morgan fingerprint density at radius 1 is 1.00 bits per heavy atom. The molecule has 2 rings (SSSR count). The summed E-state index contributed by atoms with van der Waals surface area (Å²) >= 11 is 0. The van der Waals surface area contributed by atoms with Crippen LogP contribution < -0.4 is 5.32 Å². The molecular formula is C11H19NO3. The van der Waals surface area contributed by atoms with Crippen LogP contribution >= 0.6 is 0 Å².